The number of alkyl carbamates (subject to hydrolysis) is 1. The molecule has 3 N–H and O–H groups in total. The lowest BCUT2D eigenvalue weighted by atomic mass is 9.72. The van der Waals surface area contributed by atoms with Gasteiger partial charge in [0.2, 0.25) is 5.91 Å². The summed E-state index contributed by atoms with van der Waals surface area (Å²) in [7, 11) is 3.40. The number of aliphatic hydroxyl groups is 1. The third kappa shape index (κ3) is 6.86. The van der Waals surface area contributed by atoms with Gasteiger partial charge in [-0.15, -0.1) is 0 Å². The molecule has 4 rings (SSSR count). The topological polar surface area (TPSA) is 100 Å². The Balaban J connectivity index is 1.67. The van der Waals surface area contributed by atoms with E-state index in [4.69, 9.17) is 21.1 Å². The van der Waals surface area contributed by atoms with E-state index in [2.05, 4.69) is 16.7 Å². The van der Waals surface area contributed by atoms with E-state index in [1.807, 2.05) is 42.3 Å². The molecule has 2 atom stereocenters. The van der Waals surface area contributed by atoms with Crippen LogP contribution in [0.1, 0.15) is 49.7 Å². The van der Waals surface area contributed by atoms with Gasteiger partial charge in [0.1, 0.15) is 5.75 Å². The number of rotatable bonds is 11. The molecule has 0 unspecified atom stereocenters. The lowest BCUT2D eigenvalue weighted by Crippen LogP contribution is -2.48. The molecule has 8 nitrogen and oxygen atoms in total. The van der Waals surface area contributed by atoms with Crippen LogP contribution in [0, 0.1) is 5.92 Å². The first-order valence-corrected chi connectivity index (χ1v) is 14.3. The highest BCUT2D eigenvalue weighted by molar-refractivity contribution is 6.33. The maximum absolute atomic E-state index is 13.0. The largest absolute Gasteiger partial charge is 0.493 e. The van der Waals surface area contributed by atoms with Gasteiger partial charge in [0.15, 0.2) is 0 Å². The van der Waals surface area contributed by atoms with E-state index < -0.39 is 11.7 Å². The summed E-state index contributed by atoms with van der Waals surface area (Å²) < 4.78 is 11.1. The zero-order chi connectivity index (χ0) is 27.8. The van der Waals surface area contributed by atoms with Gasteiger partial charge in [-0.05, 0) is 74.5 Å². The van der Waals surface area contributed by atoms with E-state index in [-0.39, 0.29) is 18.4 Å². The van der Waals surface area contributed by atoms with Crippen molar-refractivity contribution in [1.29, 1.82) is 0 Å². The van der Waals surface area contributed by atoms with Crippen molar-refractivity contribution in [2.24, 2.45) is 5.92 Å². The quantitative estimate of drug-likeness (QED) is 0.352. The van der Waals surface area contributed by atoms with Crippen LogP contribution in [0.3, 0.4) is 0 Å². The number of likely N-dealkylation sites (tertiary alicyclic amines) is 1. The molecular weight excluding hydrogens is 518 g/mol. The second-order valence-electron chi connectivity index (χ2n) is 10.4. The molecule has 212 valence electrons. The fourth-order valence-corrected chi connectivity index (χ4v) is 6.09. The highest BCUT2D eigenvalue weighted by atomic mass is 35.5. The molecule has 2 aliphatic rings. The number of fused-ring (bicyclic) bond motifs is 1. The summed E-state index contributed by atoms with van der Waals surface area (Å²) in [6, 6.07) is 11.7. The monoisotopic (exact) mass is 557 g/mol. The standard InChI is InChI=1S/C30H40ClN3O5/c1-32-15-4-10-27(35)34-16-5-7-23(20-34)30(37,14-6-17-39-29(36)33-2)24-8-3-9-25(31)28(24)22-12-11-21-13-18-38-26(21)19-22/h3,8-9,11-12,19,23,32,37H,4-7,10,13-18,20H2,1-2H3,(H,33,36)/t23-,30+/m1/s1. The molecule has 0 aromatic heterocycles. The van der Waals surface area contributed by atoms with E-state index in [0.29, 0.717) is 44.0 Å². The minimum atomic E-state index is -1.30. The lowest BCUT2D eigenvalue weighted by Gasteiger charge is -2.44. The number of ether oxygens (including phenoxy) is 2. The van der Waals surface area contributed by atoms with E-state index in [9.17, 15) is 14.7 Å². The molecule has 2 aliphatic heterocycles. The molecule has 0 radical (unpaired) electrons. The number of halogens is 1. The van der Waals surface area contributed by atoms with Gasteiger partial charge in [-0.25, -0.2) is 4.79 Å². The summed E-state index contributed by atoms with van der Waals surface area (Å²) >= 11 is 6.83. The first-order chi connectivity index (χ1) is 18.9. The summed E-state index contributed by atoms with van der Waals surface area (Å²) in [4.78, 5) is 26.5. The van der Waals surface area contributed by atoms with Crippen molar-refractivity contribution >= 4 is 23.6 Å². The molecule has 0 saturated carbocycles. The Hall–Kier alpha value is -2.81. The van der Waals surface area contributed by atoms with Crippen molar-refractivity contribution in [2.45, 2.75) is 50.5 Å². The zero-order valence-electron chi connectivity index (χ0n) is 22.9. The van der Waals surface area contributed by atoms with Gasteiger partial charge in [-0.3, -0.25) is 4.79 Å². The number of amides is 2. The number of nitrogens with one attached hydrogen (secondary N) is 2. The van der Waals surface area contributed by atoms with E-state index in [0.717, 1.165) is 60.2 Å². The average Bonchev–Trinajstić information content (AvgIpc) is 3.43. The normalized spacial score (nSPS) is 18.2. The molecule has 0 spiro atoms. The molecule has 39 heavy (non-hydrogen) atoms. The Kier molecular flexibility index (Phi) is 10.1. The number of carbonyl (C=O) groups is 2. The summed E-state index contributed by atoms with van der Waals surface area (Å²) in [5, 5.41) is 18.7. The lowest BCUT2D eigenvalue weighted by molar-refractivity contribution is -0.136. The van der Waals surface area contributed by atoms with E-state index in [1.165, 1.54) is 7.05 Å². The van der Waals surface area contributed by atoms with Crippen molar-refractivity contribution in [3.8, 4) is 16.9 Å². The Bertz CT molecular complexity index is 1160. The summed E-state index contributed by atoms with van der Waals surface area (Å²) in [5.74, 6) is 0.752. The molecule has 1 saturated heterocycles. The molecule has 2 heterocycles. The van der Waals surface area contributed by atoms with Gasteiger partial charge in [0.05, 0.1) is 18.8 Å². The zero-order valence-corrected chi connectivity index (χ0v) is 23.7. The van der Waals surface area contributed by atoms with Crippen LogP contribution in [0.15, 0.2) is 36.4 Å². The van der Waals surface area contributed by atoms with E-state index >= 15 is 0 Å². The minimum absolute atomic E-state index is 0.113. The highest BCUT2D eigenvalue weighted by Crippen LogP contribution is 2.46. The van der Waals surface area contributed by atoms with Crippen LogP contribution >= 0.6 is 11.6 Å². The maximum atomic E-state index is 13.0. The SMILES string of the molecule is CNCCCC(=O)N1CCC[C@@H]([C@@](O)(CCCOC(=O)NC)c2cccc(Cl)c2-c2ccc3c(c2)OCC3)C1. The number of hydrogen-bond acceptors (Lipinski definition) is 6. The van der Waals surface area contributed by atoms with Crippen LogP contribution in [-0.2, 0) is 21.6 Å². The van der Waals surface area contributed by atoms with Crippen molar-refractivity contribution in [2.75, 3.05) is 46.9 Å². The van der Waals surface area contributed by atoms with Crippen LogP contribution in [0.2, 0.25) is 5.02 Å². The third-order valence-corrected chi connectivity index (χ3v) is 8.19. The van der Waals surface area contributed by atoms with Gasteiger partial charge < -0.3 is 30.1 Å². The van der Waals surface area contributed by atoms with Crippen molar-refractivity contribution in [3.63, 3.8) is 0 Å². The van der Waals surface area contributed by atoms with E-state index in [1.54, 1.807) is 0 Å². The Morgan fingerprint density at radius 1 is 1.23 bits per heavy atom. The Morgan fingerprint density at radius 3 is 2.87 bits per heavy atom. The molecule has 2 amide bonds. The van der Waals surface area contributed by atoms with Gasteiger partial charge in [0, 0.05) is 49.5 Å². The van der Waals surface area contributed by atoms with Crippen LogP contribution < -0.4 is 15.4 Å². The number of carbonyl (C=O) groups excluding carboxylic acids is 2. The second kappa shape index (κ2) is 13.5. The Morgan fingerprint density at radius 2 is 2.08 bits per heavy atom. The molecule has 0 aliphatic carbocycles. The smallest absolute Gasteiger partial charge is 0.406 e. The number of nitrogens with zero attached hydrogens (tertiary/aromatic N) is 1. The predicted molar refractivity (Wildman–Crippen MR) is 152 cm³/mol. The molecule has 9 heteroatoms. The number of benzene rings is 2. The molecule has 0 bridgehead atoms. The van der Waals surface area contributed by atoms with Gasteiger partial charge in [-0.1, -0.05) is 35.9 Å². The molecule has 1 fully saturated rings. The fraction of sp³-hybridized carbons (Fsp3) is 0.533. The second-order valence-corrected chi connectivity index (χ2v) is 10.8. The average molecular weight is 558 g/mol. The van der Waals surface area contributed by atoms with Gasteiger partial charge in [0.25, 0.3) is 0 Å². The van der Waals surface area contributed by atoms with Crippen LogP contribution in [0.5, 0.6) is 5.75 Å². The van der Waals surface area contributed by atoms with Crippen LogP contribution in [0.25, 0.3) is 11.1 Å². The minimum Gasteiger partial charge on any atom is -0.493 e. The van der Waals surface area contributed by atoms with Crippen LogP contribution in [0.4, 0.5) is 4.79 Å². The first kappa shape index (κ1) is 29.2. The first-order valence-electron chi connectivity index (χ1n) is 13.9. The summed E-state index contributed by atoms with van der Waals surface area (Å²) in [5.41, 5.74) is 2.24. The predicted octanol–water partition coefficient (Wildman–Crippen LogP) is 4.50. The van der Waals surface area contributed by atoms with Gasteiger partial charge >= 0.3 is 6.09 Å². The van der Waals surface area contributed by atoms with Crippen molar-refractivity contribution in [3.05, 3.63) is 52.5 Å². The molecular formula is C30H40ClN3O5. The number of hydrogen-bond donors (Lipinski definition) is 3. The number of piperidine rings is 1. The molecule has 2 aromatic rings. The van der Waals surface area contributed by atoms with Crippen LogP contribution in [-0.4, -0.2) is 69.0 Å². The third-order valence-electron chi connectivity index (χ3n) is 7.87. The highest BCUT2D eigenvalue weighted by Gasteiger charge is 2.43. The summed E-state index contributed by atoms with van der Waals surface area (Å²) in [6.45, 7) is 2.77. The summed E-state index contributed by atoms with van der Waals surface area (Å²) in [6.07, 6.45) is 4.01. The maximum Gasteiger partial charge on any atom is 0.406 e. The molecule has 2 aromatic carbocycles. The fourth-order valence-electron chi connectivity index (χ4n) is 5.81. The van der Waals surface area contributed by atoms with Gasteiger partial charge in [-0.2, -0.15) is 0 Å². The van der Waals surface area contributed by atoms with Crippen molar-refractivity contribution in [1.82, 2.24) is 15.5 Å². The Labute approximate surface area is 236 Å². The van der Waals surface area contributed by atoms with Crippen molar-refractivity contribution < 1.29 is 24.2 Å².